The summed E-state index contributed by atoms with van der Waals surface area (Å²) in [5.74, 6) is -1.01. The minimum atomic E-state index is -0.582. The number of rotatable bonds is 3. The second-order valence-electron chi connectivity index (χ2n) is 8.05. The van der Waals surface area contributed by atoms with Gasteiger partial charge >= 0.3 is 5.97 Å². The van der Waals surface area contributed by atoms with E-state index in [1.165, 1.54) is 12.7 Å². The van der Waals surface area contributed by atoms with Gasteiger partial charge in [-0.25, -0.2) is 4.79 Å². The highest BCUT2D eigenvalue weighted by molar-refractivity contribution is 6.09. The summed E-state index contributed by atoms with van der Waals surface area (Å²) < 4.78 is 5.08. The molecular weight excluding hydrogens is 368 g/mol. The van der Waals surface area contributed by atoms with Crippen molar-refractivity contribution in [1.82, 2.24) is 10.2 Å². The van der Waals surface area contributed by atoms with Crippen molar-refractivity contribution in [3.8, 4) is 0 Å². The van der Waals surface area contributed by atoms with Crippen molar-refractivity contribution in [2.45, 2.75) is 44.9 Å². The van der Waals surface area contributed by atoms with Crippen molar-refractivity contribution < 1.29 is 19.1 Å². The molecule has 6 heteroatoms. The van der Waals surface area contributed by atoms with Gasteiger partial charge in [-0.3, -0.25) is 9.59 Å². The first-order valence-electron chi connectivity index (χ1n) is 10.2. The summed E-state index contributed by atoms with van der Waals surface area (Å²) in [7, 11) is 1.31. The van der Waals surface area contributed by atoms with Crippen molar-refractivity contribution in [3.63, 3.8) is 0 Å². The van der Waals surface area contributed by atoms with Crippen LogP contribution in [0, 0.1) is 0 Å². The second-order valence-corrected chi connectivity index (χ2v) is 8.05. The average Bonchev–Trinajstić information content (AvgIpc) is 2.73. The number of carbonyl (C=O) groups excluding carboxylic acids is 3. The molecule has 1 amide bonds. The fraction of sp³-hybridized carbons (Fsp3) is 0.435. The number of esters is 1. The third-order valence-corrected chi connectivity index (χ3v) is 6.03. The molecule has 1 N–H and O–H groups in total. The Morgan fingerprint density at radius 3 is 2.55 bits per heavy atom. The molecule has 1 unspecified atom stereocenters. The van der Waals surface area contributed by atoms with Crippen LogP contribution in [0.15, 0.2) is 46.8 Å². The van der Waals surface area contributed by atoms with Gasteiger partial charge in [0.2, 0.25) is 0 Å². The largest absolute Gasteiger partial charge is 0.466 e. The Morgan fingerprint density at radius 1 is 1.17 bits per heavy atom. The quantitative estimate of drug-likeness (QED) is 0.798. The number of piperazine rings is 1. The van der Waals surface area contributed by atoms with E-state index in [9.17, 15) is 14.4 Å². The molecule has 3 aliphatic rings. The third kappa shape index (κ3) is 3.16. The molecule has 0 aromatic heterocycles. The van der Waals surface area contributed by atoms with Gasteiger partial charge < -0.3 is 15.0 Å². The molecule has 0 radical (unpaired) electrons. The van der Waals surface area contributed by atoms with Gasteiger partial charge in [-0.2, -0.15) is 0 Å². The first-order chi connectivity index (χ1) is 13.9. The number of nitrogens with zero attached hydrogens (tertiary/aromatic N) is 1. The Labute approximate surface area is 170 Å². The molecule has 0 bridgehead atoms. The van der Waals surface area contributed by atoms with Gasteiger partial charge in [-0.05, 0) is 29.9 Å². The number of Topliss-reactive ketones (excluding diaryl/α,β-unsaturated/α-hetero) is 1. The lowest BCUT2D eigenvalue weighted by Gasteiger charge is -2.43. The zero-order valence-electron chi connectivity index (χ0n) is 17.1. The second kappa shape index (κ2) is 7.50. The van der Waals surface area contributed by atoms with Crippen LogP contribution in [0.25, 0.3) is 0 Å². The number of amides is 1. The van der Waals surface area contributed by atoms with E-state index in [4.69, 9.17) is 4.74 Å². The van der Waals surface area contributed by atoms with Crippen LogP contribution in [0.1, 0.15) is 56.1 Å². The molecule has 2 aliphatic heterocycles. The summed E-state index contributed by atoms with van der Waals surface area (Å²) in [6, 6.07) is 7.99. The van der Waals surface area contributed by atoms with Crippen LogP contribution >= 0.6 is 0 Å². The van der Waals surface area contributed by atoms with E-state index < -0.39 is 11.9 Å². The summed E-state index contributed by atoms with van der Waals surface area (Å²) in [6.07, 6.45) is 1.95. The minimum absolute atomic E-state index is 0.0515. The fourth-order valence-electron chi connectivity index (χ4n) is 4.60. The van der Waals surface area contributed by atoms with Crippen LogP contribution in [-0.2, 0) is 19.1 Å². The predicted octanol–water partition coefficient (Wildman–Crippen LogP) is 2.77. The molecule has 1 aromatic rings. The monoisotopic (exact) mass is 394 g/mol. The smallest absolute Gasteiger partial charge is 0.337 e. The highest BCUT2D eigenvalue weighted by Gasteiger charge is 2.45. The third-order valence-electron chi connectivity index (χ3n) is 6.03. The zero-order chi connectivity index (χ0) is 20.7. The molecule has 1 fully saturated rings. The summed E-state index contributed by atoms with van der Waals surface area (Å²) >= 11 is 0. The maximum absolute atomic E-state index is 13.0. The van der Waals surface area contributed by atoms with E-state index in [0.29, 0.717) is 36.7 Å². The number of hydrogen-bond donors (Lipinski definition) is 1. The van der Waals surface area contributed by atoms with Crippen molar-refractivity contribution >= 4 is 17.7 Å². The molecule has 152 valence electrons. The SMILES string of the molecule is COC(=O)C1=C2C(=O)NCCN2C2=C(C(=O)CCC2)C1c1ccc(C(C)C)cc1. The molecule has 1 aromatic carbocycles. The molecule has 2 heterocycles. The molecule has 6 nitrogen and oxygen atoms in total. The van der Waals surface area contributed by atoms with E-state index in [0.717, 1.165) is 24.1 Å². The van der Waals surface area contributed by atoms with Crippen LogP contribution in [0.2, 0.25) is 0 Å². The van der Waals surface area contributed by atoms with Gasteiger partial charge in [0.1, 0.15) is 5.70 Å². The first kappa shape index (κ1) is 19.4. The van der Waals surface area contributed by atoms with E-state index in [2.05, 4.69) is 19.2 Å². The van der Waals surface area contributed by atoms with Crippen molar-refractivity contribution in [2.75, 3.05) is 20.2 Å². The molecule has 1 saturated heterocycles. The highest BCUT2D eigenvalue weighted by atomic mass is 16.5. The highest BCUT2D eigenvalue weighted by Crippen LogP contribution is 2.46. The van der Waals surface area contributed by atoms with Crippen LogP contribution in [0.4, 0.5) is 0 Å². The number of allylic oxidation sites excluding steroid dienone is 2. The number of benzene rings is 1. The molecule has 1 aliphatic carbocycles. The van der Waals surface area contributed by atoms with Gasteiger partial charge in [0.05, 0.1) is 12.7 Å². The standard InChI is InChI=1S/C23H26N2O4/c1-13(2)14-7-9-15(10-8-14)18-19-16(5-4-6-17(19)26)25-12-11-24-22(27)21(25)20(18)23(28)29-3/h7-10,13,18H,4-6,11-12H2,1-3H3,(H,24,27). The number of nitrogens with one attached hydrogen (secondary N) is 1. The number of methoxy groups -OCH3 is 1. The van der Waals surface area contributed by atoms with E-state index in [1.54, 1.807) is 0 Å². The van der Waals surface area contributed by atoms with Gasteiger partial charge in [0.15, 0.2) is 5.78 Å². The number of carbonyl (C=O) groups is 3. The van der Waals surface area contributed by atoms with Crippen molar-refractivity contribution in [1.29, 1.82) is 0 Å². The number of ketones is 1. The lowest BCUT2D eigenvalue weighted by molar-refractivity contribution is -0.137. The van der Waals surface area contributed by atoms with Crippen LogP contribution < -0.4 is 5.32 Å². The molecule has 0 spiro atoms. The predicted molar refractivity (Wildman–Crippen MR) is 108 cm³/mol. The maximum atomic E-state index is 13.0. The number of ether oxygens (including phenoxy) is 1. The summed E-state index contributed by atoms with van der Waals surface area (Å²) in [4.78, 5) is 40.6. The maximum Gasteiger partial charge on any atom is 0.337 e. The topological polar surface area (TPSA) is 75.7 Å². The van der Waals surface area contributed by atoms with E-state index in [1.807, 2.05) is 29.2 Å². The molecule has 4 rings (SSSR count). The van der Waals surface area contributed by atoms with Crippen LogP contribution in [-0.4, -0.2) is 42.8 Å². The van der Waals surface area contributed by atoms with Crippen LogP contribution in [0.5, 0.6) is 0 Å². The minimum Gasteiger partial charge on any atom is -0.466 e. The Morgan fingerprint density at radius 2 is 1.90 bits per heavy atom. The molecular formula is C23H26N2O4. The average molecular weight is 394 g/mol. The molecule has 1 atom stereocenters. The number of fused-ring (bicyclic) bond motifs is 2. The van der Waals surface area contributed by atoms with E-state index in [-0.39, 0.29) is 17.3 Å². The van der Waals surface area contributed by atoms with Crippen molar-refractivity contribution in [2.24, 2.45) is 0 Å². The van der Waals surface area contributed by atoms with Crippen molar-refractivity contribution in [3.05, 3.63) is 57.9 Å². The Balaban J connectivity index is 1.95. The molecule has 0 saturated carbocycles. The fourth-order valence-corrected chi connectivity index (χ4v) is 4.60. The Kier molecular flexibility index (Phi) is 5.03. The summed E-state index contributed by atoms with van der Waals surface area (Å²) in [5.41, 5.74) is 4.13. The number of hydrogen-bond acceptors (Lipinski definition) is 5. The van der Waals surface area contributed by atoms with E-state index >= 15 is 0 Å². The van der Waals surface area contributed by atoms with Gasteiger partial charge in [-0.1, -0.05) is 38.1 Å². The van der Waals surface area contributed by atoms with Crippen LogP contribution in [0.3, 0.4) is 0 Å². The van der Waals surface area contributed by atoms with Gasteiger partial charge in [0, 0.05) is 36.7 Å². The zero-order valence-corrected chi connectivity index (χ0v) is 17.1. The lowest BCUT2D eigenvalue weighted by atomic mass is 9.74. The first-order valence-corrected chi connectivity index (χ1v) is 10.2. The Hall–Kier alpha value is -2.89. The summed E-state index contributed by atoms with van der Waals surface area (Å²) in [5, 5.41) is 2.84. The lowest BCUT2D eigenvalue weighted by Crippen LogP contribution is -2.50. The van der Waals surface area contributed by atoms with Gasteiger partial charge in [-0.15, -0.1) is 0 Å². The molecule has 29 heavy (non-hydrogen) atoms. The van der Waals surface area contributed by atoms with Gasteiger partial charge in [0.25, 0.3) is 5.91 Å². The summed E-state index contributed by atoms with van der Waals surface area (Å²) in [6.45, 7) is 5.27. The normalized spacial score (nSPS) is 21.8. The Bertz CT molecular complexity index is 940.